The van der Waals surface area contributed by atoms with Crippen LogP contribution in [0.1, 0.15) is 13.8 Å². The summed E-state index contributed by atoms with van der Waals surface area (Å²) in [5, 5.41) is 14.0. The topological polar surface area (TPSA) is 55.6 Å². The highest BCUT2D eigenvalue weighted by molar-refractivity contribution is 7.99. The molecule has 1 aromatic rings. The van der Waals surface area contributed by atoms with Crippen molar-refractivity contribution in [2.75, 3.05) is 18.8 Å². The molecule has 0 spiro atoms. The largest absolute Gasteiger partial charge is 0.398 e. The van der Waals surface area contributed by atoms with Crippen molar-refractivity contribution in [2.45, 2.75) is 31.7 Å². The standard InChI is InChI=1S/C9H16F3N5S/c1-7(2)5-13-3-4-17-8(14-15-16-17)18-6-9(10,11)12/h7,13H,3-6H2,1-2H3. The molecule has 9 heteroatoms. The number of thioether (sulfide) groups is 1. The smallest absolute Gasteiger partial charge is 0.315 e. The normalized spacial score (nSPS) is 12.3. The van der Waals surface area contributed by atoms with Gasteiger partial charge >= 0.3 is 6.18 Å². The van der Waals surface area contributed by atoms with Crippen LogP contribution in [0.3, 0.4) is 0 Å². The van der Waals surface area contributed by atoms with Crippen molar-refractivity contribution in [3.63, 3.8) is 0 Å². The van der Waals surface area contributed by atoms with E-state index in [1.807, 2.05) is 0 Å². The first-order valence-corrected chi connectivity index (χ1v) is 6.53. The molecule has 1 aromatic heterocycles. The van der Waals surface area contributed by atoms with Gasteiger partial charge in [0.05, 0.1) is 12.3 Å². The van der Waals surface area contributed by atoms with Crippen molar-refractivity contribution in [1.82, 2.24) is 25.5 Å². The number of alkyl halides is 3. The Bertz CT molecular complexity index is 352. The van der Waals surface area contributed by atoms with Gasteiger partial charge in [-0.25, -0.2) is 4.68 Å². The molecule has 0 saturated heterocycles. The molecule has 0 aromatic carbocycles. The van der Waals surface area contributed by atoms with Crippen LogP contribution in [0.25, 0.3) is 0 Å². The SMILES string of the molecule is CC(C)CNCCn1nnnc1SCC(F)(F)F. The Kier molecular flexibility index (Phi) is 5.86. The third-order valence-corrected chi connectivity index (χ3v) is 2.94. The summed E-state index contributed by atoms with van der Waals surface area (Å²) in [7, 11) is 0. The summed E-state index contributed by atoms with van der Waals surface area (Å²) < 4.78 is 37.6. The van der Waals surface area contributed by atoms with Gasteiger partial charge in [0.1, 0.15) is 0 Å². The van der Waals surface area contributed by atoms with Crippen LogP contribution in [0, 0.1) is 5.92 Å². The molecule has 5 nitrogen and oxygen atoms in total. The Hall–Kier alpha value is -0.830. The number of nitrogens with one attached hydrogen (secondary N) is 1. The molecule has 0 amide bonds. The summed E-state index contributed by atoms with van der Waals surface area (Å²) in [5.74, 6) is -0.453. The summed E-state index contributed by atoms with van der Waals surface area (Å²) >= 11 is 0.599. The molecule has 0 aliphatic rings. The minimum Gasteiger partial charge on any atom is -0.315 e. The lowest BCUT2D eigenvalue weighted by Gasteiger charge is -2.08. The van der Waals surface area contributed by atoms with Gasteiger partial charge in [0.25, 0.3) is 0 Å². The molecule has 18 heavy (non-hydrogen) atoms. The molecule has 1 N–H and O–H groups in total. The van der Waals surface area contributed by atoms with E-state index in [2.05, 4.69) is 34.7 Å². The zero-order valence-corrected chi connectivity index (χ0v) is 11.1. The lowest BCUT2D eigenvalue weighted by Crippen LogP contribution is -2.24. The van der Waals surface area contributed by atoms with Crippen LogP contribution < -0.4 is 5.32 Å². The fourth-order valence-electron chi connectivity index (χ4n) is 1.16. The summed E-state index contributed by atoms with van der Waals surface area (Å²) in [6, 6.07) is 0. The number of hydrogen-bond acceptors (Lipinski definition) is 5. The maximum absolute atomic E-state index is 12.1. The van der Waals surface area contributed by atoms with Crippen molar-refractivity contribution < 1.29 is 13.2 Å². The molecular weight excluding hydrogens is 267 g/mol. The van der Waals surface area contributed by atoms with Crippen molar-refractivity contribution in [2.24, 2.45) is 5.92 Å². The average Bonchev–Trinajstić information content (AvgIpc) is 2.68. The van der Waals surface area contributed by atoms with Crippen molar-refractivity contribution in [1.29, 1.82) is 0 Å². The van der Waals surface area contributed by atoms with Gasteiger partial charge in [-0.3, -0.25) is 0 Å². The second-order valence-electron chi connectivity index (χ2n) is 4.19. The Labute approximate surface area is 108 Å². The third-order valence-electron chi connectivity index (χ3n) is 1.92. The molecule has 0 saturated carbocycles. The first-order chi connectivity index (χ1) is 8.38. The van der Waals surface area contributed by atoms with E-state index in [0.29, 0.717) is 30.8 Å². The van der Waals surface area contributed by atoms with Gasteiger partial charge in [0, 0.05) is 6.54 Å². The van der Waals surface area contributed by atoms with E-state index in [1.165, 1.54) is 4.68 Å². The van der Waals surface area contributed by atoms with Gasteiger partial charge in [0.2, 0.25) is 5.16 Å². The highest BCUT2D eigenvalue weighted by Gasteiger charge is 2.28. The van der Waals surface area contributed by atoms with Crippen LogP contribution in [0.4, 0.5) is 13.2 Å². The Morgan fingerprint density at radius 3 is 2.72 bits per heavy atom. The van der Waals surface area contributed by atoms with Gasteiger partial charge in [0.15, 0.2) is 0 Å². The second kappa shape index (κ2) is 6.93. The molecule has 0 unspecified atom stereocenters. The average molecular weight is 283 g/mol. The van der Waals surface area contributed by atoms with Gasteiger partial charge in [-0.15, -0.1) is 5.10 Å². The summed E-state index contributed by atoms with van der Waals surface area (Å²) in [6.07, 6.45) is -4.21. The van der Waals surface area contributed by atoms with E-state index >= 15 is 0 Å². The van der Waals surface area contributed by atoms with Crippen molar-refractivity contribution in [3.8, 4) is 0 Å². The highest BCUT2D eigenvalue weighted by atomic mass is 32.2. The van der Waals surface area contributed by atoms with Crippen LogP contribution in [0.15, 0.2) is 5.16 Å². The number of hydrogen-bond donors (Lipinski definition) is 1. The van der Waals surface area contributed by atoms with E-state index in [0.717, 1.165) is 6.54 Å². The Morgan fingerprint density at radius 1 is 1.39 bits per heavy atom. The quantitative estimate of drug-likeness (QED) is 0.608. The van der Waals surface area contributed by atoms with E-state index in [1.54, 1.807) is 0 Å². The minimum absolute atomic E-state index is 0.193. The van der Waals surface area contributed by atoms with Gasteiger partial charge in [-0.1, -0.05) is 25.6 Å². The minimum atomic E-state index is -4.21. The lowest BCUT2D eigenvalue weighted by molar-refractivity contribution is -0.105. The predicted molar refractivity (Wildman–Crippen MR) is 62.3 cm³/mol. The van der Waals surface area contributed by atoms with Crippen LogP contribution >= 0.6 is 11.8 Å². The molecule has 0 bridgehead atoms. The first kappa shape index (κ1) is 15.2. The molecule has 0 atom stereocenters. The Morgan fingerprint density at radius 2 is 2.11 bits per heavy atom. The molecule has 1 rings (SSSR count). The Balaban J connectivity index is 2.35. The van der Waals surface area contributed by atoms with E-state index in [4.69, 9.17) is 0 Å². The molecular formula is C9H16F3N5S. The molecule has 1 heterocycles. The molecule has 0 aliphatic heterocycles. The summed E-state index contributed by atoms with van der Waals surface area (Å²) in [6.45, 7) is 6.10. The lowest BCUT2D eigenvalue weighted by atomic mass is 10.2. The zero-order valence-electron chi connectivity index (χ0n) is 10.2. The second-order valence-corrected chi connectivity index (χ2v) is 5.13. The van der Waals surface area contributed by atoms with E-state index in [-0.39, 0.29) is 5.16 Å². The maximum atomic E-state index is 12.1. The number of tetrazole rings is 1. The molecule has 0 radical (unpaired) electrons. The van der Waals surface area contributed by atoms with E-state index in [9.17, 15) is 13.2 Å². The fraction of sp³-hybridized carbons (Fsp3) is 0.889. The number of aromatic nitrogens is 4. The monoisotopic (exact) mass is 283 g/mol. The molecule has 0 fully saturated rings. The third kappa shape index (κ3) is 6.20. The van der Waals surface area contributed by atoms with Crippen LogP contribution in [-0.2, 0) is 6.54 Å². The van der Waals surface area contributed by atoms with Crippen molar-refractivity contribution >= 4 is 11.8 Å². The maximum Gasteiger partial charge on any atom is 0.398 e. The number of rotatable bonds is 7. The van der Waals surface area contributed by atoms with Gasteiger partial charge < -0.3 is 5.32 Å². The highest BCUT2D eigenvalue weighted by Crippen LogP contribution is 2.25. The molecule has 104 valence electrons. The molecule has 0 aliphatic carbocycles. The van der Waals surface area contributed by atoms with Crippen LogP contribution in [0.2, 0.25) is 0 Å². The number of halogens is 3. The zero-order chi connectivity index (χ0) is 13.6. The van der Waals surface area contributed by atoms with Crippen LogP contribution in [0.5, 0.6) is 0 Å². The first-order valence-electron chi connectivity index (χ1n) is 5.55. The van der Waals surface area contributed by atoms with Crippen molar-refractivity contribution in [3.05, 3.63) is 0 Å². The van der Waals surface area contributed by atoms with Gasteiger partial charge in [-0.05, 0) is 22.9 Å². The fourth-order valence-corrected chi connectivity index (χ4v) is 1.83. The summed E-state index contributed by atoms with van der Waals surface area (Å²) in [4.78, 5) is 0. The summed E-state index contributed by atoms with van der Waals surface area (Å²) in [5.41, 5.74) is 0. The van der Waals surface area contributed by atoms with Gasteiger partial charge in [-0.2, -0.15) is 13.2 Å². The predicted octanol–water partition coefficient (Wildman–Crippen LogP) is 1.57. The van der Waals surface area contributed by atoms with E-state index < -0.39 is 11.9 Å². The van der Waals surface area contributed by atoms with Crippen LogP contribution in [-0.4, -0.2) is 45.2 Å². The number of nitrogens with zero attached hydrogens (tertiary/aromatic N) is 4.